The maximum absolute atomic E-state index is 13.8. The molecule has 0 unspecified atom stereocenters. The van der Waals surface area contributed by atoms with Gasteiger partial charge in [-0.05, 0) is 35.9 Å². The number of hydrogen-bond acceptors (Lipinski definition) is 5. The Morgan fingerprint density at radius 2 is 1.97 bits per heavy atom. The molecule has 0 aliphatic carbocycles. The standard InChI is InChI=1S/C21H19ClFN3O4/c1-29-15-5-3-4-13(8-15)11-24-20(27)12-26-19(21(28)30-2)10-18(25-26)14-6-7-16(22)17(23)9-14/h3-10H,11-12H2,1-2H3,(H,24,27). The Morgan fingerprint density at radius 3 is 2.67 bits per heavy atom. The predicted octanol–water partition coefficient (Wildman–Crippen LogP) is 3.45. The highest BCUT2D eigenvalue weighted by Gasteiger charge is 2.19. The van der Waals surface area contributed by atoms with Gasteiger partial charge in [0.2, 0.25) is 5.91 Å². The number of methoxy groups -OCH3 is 2. The molecule has 0 fully saturated rings. The van der Waals surface area contributed by atoms with E-state index in [0.29, 0.717) is 17.0 Å². The second-order valence-corrected chi connectivity index (χ2v) is 6.73. The van der Waals surface area contributed by atoms with Crippen LogP contribution in [0.2, 0.25) is 5.02 Å². The van der Waals surface area contributed by atoms with Gasteiger partial charge in [0.1, 0.15) is 23.8 Å². The molecule has 1 heterocycles. The molecular weight excluding hydrogens is 413 g/mol. The minimum Gasteiger partial charge on any atom is -0.497 e. The fourth-order valence-corrected chi connectivity index (χ4v) is 2.90. The van der Waals surface area contributed by atoms with Crippen LogP contribution in [-0.4, -0.2) is 35.9 Å². The summed E-state index contributed by atoms with van der Waals surface area (Å²) in [5.41, 5.74) is 1.65. The van der Waals surface area contributed by atoms with Gasteiger partial charge in [-0.2, -0.15) is 5.10 Å². The summed E-state index contributed by atoms with van der Waals surface area (Å²) in [7, 11) is 2.79. The molecule has 1 amide bonds. The quantitative estimate of drug-likeness (QED) is 0.579. The van der Waals surface area contributed by atoms with Gasteiger partial charge in [0.05, 0.1) is 24.9 Å². The minimum absolute atomic E-state index is 0.0247. The van der Waals surface area contributed by atoms with Gasteiger partial charge in [-0.3, -0.25) is 4.79 Å². The zero-order valence-corrected chi connectivity index (χ0v) is 17.1. The van der Waals surface area contributed by atoms with E-state index in [1.54, 1.807) is 25.3 Å². The van der Waals surface area contributed by atoms with E-state index in [2.05, 4.69) is 10.4 Å². The van der Waals surface area contributed by atoms with Gasteiger partial charge >= 0.3 is 5.97 Å². The van der Waals surface area contributed by atoms with Crippen molar-refractivity contribution < 1.29 is 23.5 Å². The summed E-state index contributed by atoms with van der Waals surface area (Å²) in [6, 6.07) is 12.9. The highest BCUT2D eigenvalue weighted by molar-refractivity contribution is 6.30. The number of rotatable bonds is 7. The number of nitrogens with one attached hydrogen (secondary N) is 1. The Kier molecular flexibility index (Phi) is 6.68. The van der Waals surface area contributed by atoms with E-state index in [4.69, 9.17) is 21.1 Å². The van der Waals surface area contributed by atoms with Crippen molar-refractivity contribution in [3.05, 3.63) is 70.6 Å². The average Bonchev–Trinajstić information content (AvgIpc) is 3.17. The molecule has 0 atom stereocenters. The summed E-state index contributed by atoms with van der Waals surface area (Å²) < 4.78 is 24.9. The van der Waals surface area contributed by atoms with E-state index >= 15 is 0 Å². The van der Waals surface area contributed by atoms with Crippen molar-refractivity contribution in [2.45, 2.75) is 13.1 Å². The number of ether oxygens (including phenoxy) is 2. The Bertz CT molecular complexity index is 1080. The van der Waals surface area contributed by atoms with Gasteiger partial charge in [-0.1, -0.05) is 29.8 Å². The van der Waals surface area contributed by atoms with Crippen LogP contribution < -0.4 is 10.1 Å². The molecule has 1 N–H and O–H groups in total. The number of amides is 1. The summed E-state index contributed by atoms with van der Waals surface area (Å²) in [4.78, 5) is 24.5. The lowest BCUT2D eigenvalue weighted by atomic mass is 10.1. The van der Waals surface area contributed by atoms with E-state index in [1.807, 2.05) is 12.1 Å². The van der Waals surface area contributed by atoms with Gasteiger partial charge in [0.25, 0.3) is 0 Å². The van der Waals surface area contributed by atoms with E-state index in [-0.39, 0.29) is 29.7 Å². The Morgan fingerprint density at radius 1 is 1.17 bits per heavy atom. The van der Waals surface area contributed by atoms with Gasteiger partial charge in [0, 0.05) is 12.1 Å². The van der Waals surface area contributed by atoms with Crippen molar-refractivity contribution >= 4 is 23.5 Å². The largest absolute Gasteiger partial charge is 0.497 e. The molecule has 0 aliphatic heterocycles. The fraction of sp³-hybridized carbons (Fsp3) is 0.190. The number of nitrogens with zero attached hydrogens (tertiary/aromatic N) is 2. The first kappa shape index (κ1) is 21.3. The number of carbonyl (C=O) groups is 2. The van der Waals surface area contributed by atoms with E-state index < -0.39 is 11.8 Å². The van der Waals surface area contributed by atoms with Crippen LogP contribution in [0.1, 0.15) is 16.1 Å². The normalized spacial score (nSPS) is 10.5. The third-order valence-corrected chi connectivity index (χ3v) is 4.61. The first-order valence-corrected chi connectivity index (χ1v) is 9.30. The van der Waals surface area contributed by atoms with Crippen molar-refractivity contribution in [1.29, 1.82) is 0 Å². The Balaban J connectivity index is 1.78. The van der Waals surface area contributed by atoms with E-state index in [1.165, 1.54) is 30.0 Å². The summed E-state index contributed by atoms with van der Waals surface area (Å²) in [5.74, 6) is -0.954. The predicted molar refractivity (Wildman–Crippen MR) is 109 cm³/mol. The summed E-state index contributed by atoms with van der Waals surface area (Å²) in [6.45, 7) is 0.0601. The maximum atomic E-state index is 13.8. The third-order valence-electron chi connectivity index (χ3n) is 4.31. The van der Waals surface area contributed by atoms with Gasteiger partial charge in [0.15, 0.2) is 0 Å². The topological polar surface area (TPSA) is 82.5 Å². The number of benzene rings is 2. The van der Waals surface area contributed by atoms with Crippen LogP contribution >= 0.6 is 11.6 Å². The van der Waals surface area contributed by atoms with Crippen LogP contribution in [0, 0.1) is 5.82 Å². The van der Waals surface area contributed by atoms with Crippen LogP contribution in [0.4, 0.5) is 4.39 Å². The van der Waals surface area contributed by atoms with Gasteiger partial charge < -0.3 is 14.8 Å². The number of aromatic nitrogens is 2. The second-order valence-electron chi connectivity index (χ2n) is 6.32. The zero-order valence-electron chi connectivity index (χ0n) is 16.3. The number of carbonyl (C=O) groups excluding carboxylic acids is 2. The highest BCUT2D eigenvalue weighted by Crippen LogP contribution is 2.24. The van der Waals surface area contributed by atoms with Crippen LogP contribution in [0.15, 0.2) is 48.5 Å². The molecule has 9 heteroatoms. The molecule has 2 aromatic carbocycles. The van der Waals surface area contributed by atoms with E-state index in [0.717, 1.165) is 5.56 Å². The van der Waals surface area contributed by atoms with Crippen LogP contribution in [0.25, 0.3) is 11.3 Å². The number of esters is 1. The molecule has 0 radical (unpaired) electrons. The number of hydrogen-bond donors (Lipinski definition) is 1. The SMILES string of the molecule is COC(=O)c1cc(-c2ccc(Cl)c(F)c2)nn1CC(=O)NCc1cccc(OC)c1. The molecule has 0 bridgehead atoms. The molecule has 30 heavy (non-hydrogen) atoms. The lowest BCUT2D eigenvalue weighted by Gasteiger charge is -2.08. The molecule has 0 spiro atoms. The first-order chi connectivity index (χ1) is 14.4. The highest BCUT2D eigenvalue weighted by atomic mass is 35.5. The zero-order chi connectivity index (χ0) is 21.7. The van der Waals surface area contributed by atoms with Crippen LogP contribution in [0.5, 0.6) is 5.75 Å². The first-order valence-electron chi connectivity index (χ1n) is 8.92. The lowest BCUT2D eigenvalue weighted by Crippen LogP contribution is -2.29. The van der Waals surface area contributed by atoms with Crippen molar-refractivity contribution in [2.75, 3.05) is 14.2 Å². The monoisotopic (exact) mass is 431 g/mol. The second kappa shape index (κ2) is 9.41. The molecule has 156 valence electrons. The van der Waals surface area contributed by atoms with Crippen molar-refractivity contribution in [3.63, 3.8) is 0 Å². The lowest BCUT2D eigenvalue weighted by molar-refractivity contribution is -0.122. The molecule has 0 aliphatic rings. The minimum atomic E-state index is -0.663. The summed E-state index contributed by atoms with van der Waals surface area (Å²) in [5, 5.41) is 7.01. The average molecular weight is 432 g/mol. The molecule has 3 rings (SSSR count). The van der Waals surface area contributed by atoms with Gasteiger partial charge in [-0.15, -0.1) is 0 Å². The molecule has 0 saturated carbocycles. The number of halogens is 2. The maximum Gasteiger partial charge on any atom is 0.356 e. The smallest absolute Gasteiger partial charge is 0.356 e. The van der Waals surface area contributed by atoms with E-state index in [9.17, 15) is 14.0 Å². The Labute approximate surface area is 177 Å². The Hall–Kier alpha value is -3.39. The summed E-state index contributed by atoms with van der Waals surface area (Å²) in [6.07, 6.45) is 0. The summed E-state index contributed by atoms with van der Waals surface area (Å²) >= 11 is 5.72. The molecule has 7 nitrogen and oxygen atoms in total. The molecule has 1 aromatic heterocycles. The third kappa shape index (κ3) is 4.96. The van der Waals surface area contributed by atoms with Crippen molar-refractivity contribution in [3.8, 4) is 17.0 Å². The van der Waals surface area contributed by atoms with Crippen molar-refractivity contribution in [2.24, 2.45) is 0 Å². The molecule has 0 saturated heterocycles. The molecule has 3 aromatic rings. The van der Waals surface area contributed by atoms with Gasteiger partial charge in [-0.25, -0.2) is 13.9 Å². The van der Waals surface area contributed by atoms with Crippen molar-refractivity contribution in [1.82, 2.24) is 15.1 Å². The fourth-order valence-electron chi connectivity index (χ4n) is 2.78. The van der Waals surface area contributed by atoms with Crippen LogP contribution in [-0.2, 0) is 22.6 Å². The van der Waals surface area contributed by atoms with Crippen LogP contribution in [0.3, 0.4) is 0 Å². The molecular formula is C21H19ClFN3O4.